The van der Waals surface area contributed by atoms with E-state index in [0.29, 0.717) is 28.7 Å². The van der Waals surface area contributed by atoms with Crippen molar-refractivity contribution < 1.29 is 27.5 Å². The second kappa shape index (κ2) is 10.6. The zero-order valence-corrected chi connectivity index (χ0v) is 20.3. The van der Waals surface area contributed by atoms with Crippen molar-refractivity contribution in [2.24, 2.45) is 4.99 Å². The van der Waals surface area contributed by atoms with Crippen molar-refractivity contribution in [1.82, 2.24) is 15.2 Å². The lowest BCUT2D eigenvalue weighted by atomic mass is 9.93. The highest BCUT2D eigenvalue weighted by Gasteiger charge is 2.41. The van der Waals surface area contributed by atoms with E-state index in [9.17, 15) is 22.8 Å². The van der Waals surface area contributed by atoms with E-state index in [1.165, 1.54) is 23.9 Å². The van der Waals surface area contributed by atoms with Crippen LogP contribution in [0.3, 0.4) is 0 Å². The maximum atomic E-state index is 13.2. The van der Waals surface area contributed by atoms with Gasteiger partial charge in [-0.25, -0.2) is 9.79 Å². The van der Waals surface area contributed by atoms with Gasteiger partial charge in [0, 0.05) is 24.6 Å². The number of esters is 1. The standard InChI is InChI=1S/C25H23F3N4O3S/c1-3-35-23(34)21-15(2)31-24-32(22(21)17-4-6-18(7-5-17)25(26,27)28)19(14-36-24)12-20(33)30-13-16-8-10-29-11-9-16/h4-11,14,22H,3,12-13H2,1-2H3,(H,30,33). The van der Waals surface area contributed by atoms with Crippen molar-refractivity contribution in [3.8, 4) is 0 Å². The molecule has 4 rings (SSSR count). The molecule has 0 saturated heterocycles. The minimum Gasteiger partial charge on any atom is -0.463 e. The van der Waals surface area contributed by atoms with Crippen LogP contribution in [0.2, 0.25) is 0 Å². The number of thioether (sulfide) groups is 1. The van der Waals surface area contributed by atoms with Crippen LogP contribution in [-0.2, 0) is 27.0 Å². The summed E-state index contributed by atoms with van der Waals surface area (Å²) >= 11 is 1.29. The maximum absolute atomic E-state index is 13.2. The summed E-state index contributed by atoms with van der Waals surface area (Å²) in [5, 5.41) is 5.15. The highest BCUT2D eigenvalue weighted by molar-refractivity contribution is 8.16. The van der Waals surface area contributed by atoms with Gasteiger partial charge in [0.15, 0.2) is 5.17 Å². The van der Waals surface area contributed by atoms with E-state index in [4.69, 9.17) is 4.74 Å². The first kappa shape index (κ1) is 25.5. The van der Waals surface area contributed by atoms with Crippen LogP contribution in [0, 0.1) is 0 Å². The van der Waals surface area contributed by atoms with Gasteiger partial charge in [0.2, 0.25) is 5.91 Å². The summed E-state index contributed by atoms with van der Waals surface area (Å²) in [5.74, 6) is -0.865. The number of nitrogens with one attached hydrogen (secondary N) is 1. The number of amides is 1. The van der Waals surface area contributed by atoms with E-state index in [2.05, 4.69) is 15.3 Å². The molecule has 1 atom stereocenters. The first-order chi connectivity index (χ1) is 17.2. The van der Waals surface area contributed by atoms with Gasteiger partial charge in [0.1, 0.15) is 0 Å². The fourth-order valence-electron chi connectivity index (χ4n) is 3.94. The van der Waals surface area contributed by atoms with Gasteiger partial charge >= 0.3 is 12.1 Å². The average Bonchev–Trinajstić information content (AvgIpc) is 3.24. The predicted octanol–water partition coefficient (Wildman–Crippen LogP) is 4.94. The molecule has 2 aromatic rings. The number of alkyl halides is 3. The molecule has 36 heavy (non-hydrogen) atoms. The quantitative estimate of drug-likeness (QED) is 0.525. The Morgan fingerprint density at radius 1 is 1.14 bits per heavy atom. The number of carbonyl (C=O) groups is 2. The Labute approximate surface area is 210 Å². The van der Waals surface area contributed by atoms with Crippen LogP contribution < -0.4 is 5.32 Å². The van der Waals surface area contributed by atoms with Crippen LogP contribution in [0.5, 0.6) is 0 Å². The molecule has 1 aromatic heterocycles. The Bertz CT molecular complexity index is 1240. The average molecular weight is 517 g/mol. The zero-order valence-electron chi connectivity index (χ0n) is 19.5. The number of nitrogens with zero attached hydrogens (tertiary/aromatic N) is 3. The molecule has 0 radical (unpaired) electrons. The number of amidine groups is 1. The van der Waals surface area contributed by atoms with E-state index in [1.807, 2.05) is 0 Å². The molecule has 1 N–H and O–H groups in total. The Morgan fingerprint density at radius 2 is 1.83 bits per heavy atom. The molecule has 1 aromatic carbocycles. The number of ether oxygens (including phenoxy) is 1. The van der Waals surface area contributed by atoms with Crippen molar-refractivity contribution in [2.45, 2.75) is 39.0 Å². The molecule has 7 nitrogen and oxygen atoms in total. The van der Waals surface area contributed by atoms with Gasteiger partial charge in [-0.1, -0.05) is 23.9 Å². The summed E-state index contributed by atoms with van der Waals surface area (Å²) in [5.41, 5.74) is 1.74. The largest absolute Gasteiger partial charge is 0.463 e. The summed E-state index contributed by atoms with van der Waals surface area (Å²) in [4.78, 5) is 35.9. The number of pyridine rings is 1. The van der Waals surface area contributed by atoms with Gasteiger partial charge < -0.3 is 15.0 Å². The van der Waals surface area contributed by atoms with Crippen molar-refractivity contribution in [1.29, 1.82) is 0 Å². The number of rotatable bonds is 7. The molecule has 2 aliphatic rings. The third kappa shape index (κ3) is 5.46. The van der Waals surface area contributed by atoms with E-state index in [-0.39, 0.29) is 24.5 Å². The van der Waals surface area contributed by atoms with Crippen LogP contribution in [0.15, 0.2) is 76.2 Å². The fourth-order valence-corrected chi connectivity index (χ4v) is 4.90. The summed E-state index contributed by atoms with van der Waals surface area (Å²) in [6.45, 7) is 3.77. The molecule has 0 saturated carbocycles. The molecular formula is C25H23F3N4O3S. The van der Waals surface area contributed by atoms with Crippen molar-refractivity contribution in [3.63, 3.8) is 0 Å². The van der Waals surface area contributed by atoms with Crippen LogP contribution in [-0.4, -0.2) is 33.5 Å². The van der Waals surface area contributed by atoms with Gasteiger partial charge in [-0.2, -0.15) is 13.2 Å². The highest BCUT2D eigenvalue weighted by Crippen LogP contribution is 2.45. The van der Waals surface area contributed by atoms with Crippen molar-refractivity contribution in [3.05, 3.63) is 87.9 Å². The molecule has 0 spiro atoms. The van der Waals surface area contributed by atoms with Crippen LogP contribution in [0.1, 0.15) is 43.0 Å². The Kier molecular flexibility index (Phi) is 7.48. The molecule has 2 aliphatic heterocycles. The smallest absolute Gasteiger partial charge is 0.416 e. The molecule has 188 valence electrons. The van der Waals surface area contributed by atoms with E-state index in [0.717, 1.165) is 17.7 Å². The second-order valence-electron chi connectivity index (χ2n) is 8.04. The lowest BCUT2D eigenvalue weighted by molar-refractivity contribution is -0.139. The minimum absolute atomic E-state index is 0.0105. The number of aliphatic imine (C=N–C) groups is 1. The van der Waals surface area contributed by atoms with Crippen LogP contribution in [0.25, 0.3) is 0 Å². The van der Waals surface area contributed by atoms with Crippen molar-refractivity contribution in [2.75, 3.05) is 6.61 Å². The Hall–Kier alpha value is -3.60. The Balaban J connectivity index is 1.63. The Morgan fingerprint density at radius 3 is 2.47 bits per heavy atom. The van der Waals surface area contributed by atoms with Gasteiger partial charge in [-0.15, -0.1) is 0 Å². The number of allylic oxidation sites excluding steroid dienone is 1. The third-order valence-corrected chi connectivity index (χ3v) is 6.52. The van der Waals surface area contributed by atoms with Gasteiger partial charge in [0.05, 0.1) is 35.9 Å². The molecule has 3 heterocycles. The molecule has 1 unspecified atom stereocenters. The van der Waals surface area contributed by atoms with E-state index >= 15 is 0 Å². The fraction of sp³-hybridized carbons (Fsp3) is 0.280. The number of aromatic nitrogens is 1. The summed E-state index contributed by atoms with van der Waals surface area (Å²) < 4.78 is 44.8. The molecule has 0 aliphatic carbocycles. The van der Waals surface area contributed by atoms with E-state index in [1.54, 1.807) is 48.7 Å². The number of halogens is 3. The van der Waals surface area contributed by atoms with Crippen molar-refractivity contribution >= 4 is 28.8 Å². The normalized spacial score (nSPS) is 17.4. The second-order valence-corrected chi connectivity index (χ2v) is 8.88. The van der Waals surface area contributed by atoms with Gasteiger partial charge in [-0.3, -0.25) is 9.78 Å². The lowest BCUT2D eigenvalue weighted by Crippen LogP contribution is -2.38. The van der Waals surface area contributed by atoms with Crippen LogP contribution in [0.4, 0.5) is 13.2 Å². The lowest BCUT2D eigenvalue weighted by Gasteiger charge is -2.36. The van der Waals surface area contributed by atoms with Gasteiger partial charge in [-0.05, 0) is 54.6 Å². The van der Waals surface area contributed by atoms with Crippen LogP contribution >= 0.6 is 11.8 Å². The number of hydrogen-bond acceptors (Lipinski definition) is 7. The zero-order chi connectivity index (χ0) is 25.9. The first-order valence-electron chi connectivity index (χ1n) is 11.1. The molecule has 1 amide bonds. The molecule has 0 fully saturated rings. The summed E-state index contributed by atoms with van der Waals surface area (Å²) in [7, 11) is 0. The first-order valence-corrected chi connectivity index (χ1v) is 12.0. The SMILES string of the molecule is CCOC(=O)C1=C(C)N=C2SC=C(CC(=O)NCc3ccncc3)N2C1c1ccc(C(F)(F)F)cc1. The van der Waals surface area contributed by atoms with E-state index < -0.39 is 23.8 Å². The molecule has 0 bridgehead atoms. The third-order valence-electron chi connectivity index (χ3n) is 5.63. The molecular weight excluding hydrogens is 493 g/mol. The number of carbonyl (C=O) groups excluding carboxylic acids is 2. The summed E-state index contributed by atoms with van der Waals surface area (Å²) in [6.07, 6.45) is -1.24. The number of benzene rings is 1. The molecule has 11 heteroatoms. The van der Waals surface area contributed by atoms with Gasteiger partial charge in [0.25, 0.3) is 0 Å². The number of hydrogen-bond donors (Lipinski definition) is 1. The monoisotopic (exact) mass is 516 g/mol. The highest BCUT2D eigenvalue weighted by atomic mass is 32.2. The maximum Gasteiger partial charge on any atom is 0.416 e. The number of fused-ring (bicyclic) bond motifs is 1. The minimum atomic E-state index is -4.49. The topological polar surface area (TPSA) is 83.9 Å². The summed E-state index contributed by atoms with van der Waals surface area (Å²) in [6, 6.07) is 7.42. The predicted molar refractivity (Wildman–Crippen MR) is 129 cm³/mol.